The van der Waals surface area contributed by atoms with Gasteiger partial charge in [-0.2, -0.15) is 23.3 Å². The first-order valence-electron chi connectivity index (χ1n) is 9.01. The highest BCUT2D eigenvalue weighted by Crippen LogP contribution is 2.44. The fourth-order valence-electron chi connectivity index (χ4n) is 3.27. The third-order valence-corrected chi connectivity index (χ3v) is 5.22. The van der Waals surface area contributed by atoms with Gasteiger partial charge in [-0.25, -0.2) is 4.98 Å². The van der Waals surface area contributed by atoms with Crippen molar-refractivity contribution in [3.8, 4) is 0 Å². The van der Waals surface area contributed by atoms with E-state index in [1.807, 2.05) is 6.92 Å². The van der Waals surface area contributed by atoms with Crippen LogP contribution in [0.1, 0.15) is 43.4 Å². The summed E-state index contributed by atoms with van der Waals surface area (Å²) in [4.78, 5) is 7.76. The van der Waals surface area contributed by atoms with Crippen LogP contribution in [0.3, 0.4) is 0 Å². The summed E-state index contributed by atoms with van der Waals surface area (Å²) in [5, 5.41) is 20.3. The van der Waals surface area contributed by atoms with Gasteiger partial charge in [0.1, 0.15) is 16.9 Å². The van der Waals surface area contributed by atoms with E-state index in [1.54, 1.807) is 10.9 Å². The van der Waals surface area contributed by atoms with Crippen LogP contribution >= 0.6 is 0 Å². The van der Waals surface area contributed by atoms with Gasteiger partial charge in [-0.15, -0.1) is 0 Å². The second-order valence-corrected chi connectivity index (χ2v) is 7.31. The Hall–Kier alpha value is -2.40. The number of alkyl halides is 3. The van der Waals surface area contributed by atoms with Crippen molar-refractivity contribution >= 4 is 17.5 Å². The van der Waals surface area contributed by atoms with E-state index in [-0.39, 0.29) is 17.7 Å². The van der Waals surface area contributed by atoms with E-state index in [4.69, 9.17) is 4.74 Å². The third-order valence-electron chi connectivity index (χ3n) is 5.22. The molecule has 28 heavy (non-hydrogen) atoms. The van der Waals surface area contributed by atoms with Gasteiger partial charge in [0.25, 0.3) is 0 Å². The molecule has 2 unspecified atom stereocenters. The number of aliphatic hydroxyl groups excluding tert-OH is 1. The number of aliphatic hydroxyl groups is 1. The zero-order chi connectivity index (χ0) is 20.1. The summed E-state index contributed by atoms with van der Waals surface area (Å²) < 4.78 is 46.1. The van der Waals surface area contributed by atoms with Gasteiger partial charge in [0.2, 0.25) is 5.95 Å². The molecule has 4 rings (SSSR count). The summed E-state index contributed by atoms with van der Waals surface area (Å²) in [7, 11) is 1.37. The Bertz CT molecular complexity index is 882. The fraction of sp³-hybridized carbons (Fsp3) is 0.588. The molecular formula is C17H21F3N6O2. The van der Waals surface area contributed by atoms with Gasteiger partial charge >= 0.3 is 6.18 Å². The highest BCUT2D eigenvalue weighted by molar-refractivity contribution is 5.59. The molecular weight excluding hydrogens is 377 g/mol. The number of rotatable bonds is 5. The molecule has 8 nitrogen and oxygen atoms in total. The molecule has 0 aromatic carbocycles. The topological polar surface area (TPSA) is 97.1 Å². The van der Waals surface area contributed by atoms with Gasteiger partial charge < -0.3 is 20.5 Å². The van der Waals surface area contributed by atoms with Crippen LogP contribution in [-0.2, 0) is 16.5 Å². The highest BCUT2D eigenvalue weighted by atomic mass is 19.4. The molecule has 2 atom stereocenters. The van der Waals surface area contributed by atoms with Crippen LogP contribution in [0.15, 0.2) is 12.4 Å². The summed E-state index contributed by atoms with van der Waals surface area (Å²) in [5.74, 6) is -0.00542. The number of anilines is 3. The summed E-state index contributed by atoms with van der Waals surface area (Å²) in [6.07, 6.45) is -0.489. The van der Waals surface area contributed by atoms with Crippen molar-refractivity contribution in [3.63, 3.8) is 0 Å². The van der Waals surface area contributed by atoms with E-state index in [1.165, 1.54) is 7.05 Å². The van der Waals surface area contributed by atoms with Crippen molar-refractivity contribution in [2.75, 3.05) is 24.3 Å². The zero-order valence-electron chi connectivity index (χ0n) is 15.4. The summed E-state index contributed by atoms with van der Waals surface area (Å²) >= 11 is 0. The number of halogens is 3. The van der Waals surface area contributed by atoms with Crippen LogP contribution in [0, 0.1) is 0 Å². The van der Waals surface area contributed by atoms with E-state index >= 15 is 0 Å². The molecule has 2 aromatic rings. The molecule has 1 aliphatic heterocycles. The predicted molar refractivity (Wildman–Crippen MR) is 94.3 cm³/mol. The van der Waals surface area contributed by atoms with Gasteiger partial charge in [0.05, 0.1) is 18.0 Å². The standard InChI is InChI=1S/C17H21F3N6O2/c1-16(5-6-28-14(16)27)26-8-11(12(25-26)9-3-4-9)23-15-22-7-10(17(18,19)20)13(21-2)24-15/h7-9,14,27H,3-6H2,1-2H3,(H2,21,22,23,24). The molecule has 0 radical (unpaired) electrons. The fourth-order valence-corrected chi connectivity index (χ4v) is 3.27. The van der Waals surface area contributed by atoms with Gasteiger partial charge in [-0.3, -0.25) is 4.68 Å². The van der Waals surface area contributed by atoms with Crippen LogP contribution in [0.25, 0.3) is 0 Å². The lowest BCUT2D eigenvalue weighted by Gasteiger charge is -2.26. The average molecular weight is 398 g/mol. The van der Waals surface area contributed by atoms with Gasteiger partial charge in [-0.05, 0) is 19.8 Å². The first kappa shape index (κ1) is 18.9. The molecule has 1 saturated carbocycles. The molecule has 2 aromatic heterocycles. The first-order valence-corrected chi connectivity index (χ1v) is 9.01. The van der Waals surface area contributed by atoms with Crippen LogP contribution in [-0.4, -0.2) is 44.8 Å². The molecule has 1 saturated heterocycles. The molecule has 11 heteroatoms. The Balaban J connectivity index is 1.66. The average Bonchev–Trinajstić information content (AvgIpc) is 3.31. The minimum Gasteiger partial charge on any atom is -0.372 e. The highest BCUT2D eigenvalue weighted by Gasteiger charge is 2.43. The minimum absolute atomic E-state index is 0.0344. The molecule has 0 spiro atoms. The lowest BCUT2D eigenvalue weighted by atomic mass is 10.0. The zero-order valence-corrected chi connectivity index (χ0v) is 15.4. The van der Waals surface area contributed by atoms with E-state index in [2.05, 4.69) is 25.7 Å². The first-order chi connectivity index (χ1) is 13.2. The van der Waals surface area contributed by atoms with Gasteiger partial charge in [-0.1, -0.05) is 0 Å². The third kappa shape index (κ3) is 3.28. The predicted octanol–water partition coefficient (Wildman–Crippen LogP) is 2.81. The number of nitrogens with one attached hydrogen (secondary N) is 2. The second-order valence-electron chi connectivity index (χ2n) is 7.31. The Morgan fingerprint density at radius 3 is 2.68 bits per heavy atom. The quantitative estimate of drug-likeness (QED) is 0.713. The monoisotopic (exact) mass is 398 g/mol. The van der Waals surface area contributed by atoms with Gasteiger partial charge in [0.15, 0.2) is 6.29 Å². The van der Waals surface area contributed by atoms with Crippen molar-refractivity contribution in [2.45, 2.75) is 50.1 Å². The van der Waals surface area contributed by atoms with Crippen molar-refractivity contribution in [1.29, 1.82) is 0 Å². The Kier molecular flexibility index (Phi) is 4.46. The second kappa shape index (κ2) is 6.59. The molecule has 2 aliphatic rings. The van der Waals surface area contributed by atoms with Crippen LogP contribution in [0.4, 0.5) is 30.6 Å². The van der Waals surface area contributed by atoms with Crippen LogP contribution in [0.5, 0.6) is 0 Å². The number of hydrogen-bond acceptors (Lipinski definition) is 7. The SMILES string of the molecule is CNc1nc(Nc2cn(C3(C)CCOC3O)nc2C2CC2)ncc1C(F)(F)F. The molecule has 2 fully saturated rings. The largest absolute Gasteiger partial charge is 0.421 e. The lowest BCUT2D eigenvalue weighted by Crippen LogP contribution is -2.38. The molecule has 0 bridgehead atoms. The number of ether oxygens (including phenoxy) is 1. The molecule has 3 N–H and O–H groups in total. The van der Waals surface area contributed by atoms with Gasteiger partial charge in [0, 0.05) is 31.8 Å². The summed E-state index contributed by atoms with van der Waals surface area (Å²) in [5.41, 5.74) is -0.238. The Morgan fingerprint density at radius 1 is 1.36 bits per heavy atom. The number of hydrogen-bond donors (Lipinski definition) is 3. The van der Waals surface area contributed by atoms with E-state index < -0.39 is 23.6 Å². The Labute approximate surface area is 159 Å². The molecule has 3 heterocycles. The van der Waals surface area contributed by atoms with E-state index in [9.17, 15) is 18.3 Å². The maximum atomic E-state index is 13.0. The number of aromatic nitrogens is 4. The van der Waals surface area contributed by atoms with Crippen molar-refractivity contribution in [2.24, 2.45) is 0 Å². The minimum atomic E-state index is -4.55. The normalized spacial score (nSPS) is 25.1. The van der Waals surface area contributed by atoms with Crippen LogP contribution in [0.2, 0.25) is 0 Å². The van der Waals surface area contributed by atoms with Crippen molar-refractivity contribution < 1.29 is 23.0 Å². The lowest BCUT2D eigenvalue weighted by molar-refractivity contribution is -0.137. The number of nitrogens with zero attached hydrogens (tertiary/aromatic N) is 4. The molecule has 152 valence electrons. The smallest absolute Gasteiger partial charge is 0.372 e. The summed E-state index contributed by atoms with van der Waals surface area (Å²) in [6.45, 7) is 2.28. The van der Waals surface area contributed by atoms with Crippen molar-refractivity contribution in [3.05, 3.63) is 23.7 Å². The van der Waals surface area contributed by atoms with E-state index in [0.717, 1.165) is 24.7 Å². The van der Waals surface area contributed by atoms with Crippen LogP contribution < -0.4 is 10.6 Å². The maximum absolute atomic E-state index is 13.0. The Morgan fingerprint density at radius 2 is 2.11 bits per heavy atom. The van der Waals surface area contributed by atoms with E-state index in [0.29, 0.717) is 18.7 Å². The maximum Gasteiger partial charge on any atom is 0.421 e. The summed E-state index contributed by atoms with van der Waals surface area (Å²) in [6, 6.07) is 0. The molecule has 1 aliphatic carbocycles. The van der Waals surface area contributed by atoms with Crippen molar-refractivity contribution in [1.82, 2.24) is 19.7 Å². The molecule has 0 amide bonds.